The van der Waals surface area contributed by atoms with Crippen LogP contribution in [0.15, 0.2) is 42.7 Å². The van der Waals surface area contributed by atoms with Gasteiger partial charge in [0.25, 0.3) is 5.91 Å². The van der Waals surface area contributed by atoms with Crippen molar-refractivity contribution in [2.24, 2.45) is 0 Å². The highest BCUT2D eigenvalue weighted by molar-refractivity contribution is 6.03. The summed E-state index contributed by atoms with van der Waals surface area (Å²) in [6.07, 6.45) is -1.68. The largest absolute Gasteiger partial charge is 0.417 e. The van der Waals surface area contributed by atoms with Crippen molar-refractivity contribution in [3.05, 3.63) is 59.8 Å². The highest BCUT2D eigenvalue weighted by atomic mass is 19.4. The predicted molar refractivity (Wildman–Crippen MR) is 100 cm³/mol. The van der Waals surface area contributed by atoms with Gasteiger partial charge in [-0.3, -0.25) is 9.59 Å². The minimum Gasteiger partial charge on any atom is -0.320 e. The van der Waals surface area contributed by atoms with Gasteiger partial charge in [0.05, 0.1) is 17.4 Å². The molecule has 0 saturated carbocycles. The number of carbonyl (C=O) groups is 2. The van der Waals surface area contributed by atoms with Gasteiger partial charge in [-0.1, -0.05) is 5.21 Å². The van der Waals surface area contributed by atoms with Gasteiger partial charge in [-0.15, -0.1) is 5.10 Å². The zero-order valence-corrected chi connectivity index (χ0v) is 15.7. The Morgan fingerprint density at radius 2 is 1.97 bits per heavy atom. The smallest absolute Gasteiger partial charge is 0.320 e. The van der Waals surface area contributed by atoms with Gasteiger partial charge in [0.15, 0.2) is 11.5 Å². The molecule has 3 aromatic rings. The summed E-state index contributed by atoms with van der Waals surface area (Å²) in [6, 6.07) is 5.85. The maximum absolute atomic E-state index is 14.4. The standard InChI is InChI=1S/C19H14F4N6O2/c20-13-8-12(4-5-15(13)28-7-1-2-17(28)30)25-18(31)14-10-29(27-26-14)16-6-3-11(9-24-16)19(21,22)23/h3-6,8-10H,1-2,7H2,(H,25,31). The van der Waals surface area contributed by atoms with Gasteiger partial charge in [0, 0.05) is 24.8 Å². The molecule has 2 aromatic heterocycles. The number of nitrogens with one attached hydrogen (secondary N) is 1. The first-order valence-electron chi connectivity index (χ1n) is 9.09. The van der Waals surface area contributed by atoms with Gasteiger partial charge in [0.1, 0.15) is 5.82 Å². The lowest BCUT2D eigenvalue weighted by atomic mass is 10.2. The van der Waals surface area contributed by atoms with Gasteiger partial charge in [0.2, 0.25) is 5.91 Å². The van der Waals surface area contributed by atoms with Crippen LogP contribution in [0.25, 0.3) is 5.82 Å². The van der Waals surface area contributed by atoms with Crippen molar-refractivity contribution >= 4 is 23.2 Å². The first kappa shape index (κ1) is 20.4. The minimum absolute atomic E-state index is 0.0326. The van der Waals surface area contributed by atoms with Gasteiger partial charge >= 0.3 is 6.18 Å². The number of nitrogens with zero attached hydrogens (tertiary/aromatic N) is 5. The van der Waals surface area contributed by atoms with Crippen molar-refractivity contribution < 1.29 is 27.2 Å². The van der Waals surface area contributed by atoms with E-state index in [0.29, 0.717) is 25.6 Å². The number of rotatable bonds is 4. The van der Waals surface area contributed by atoms with E-state index in [1.807, 2.05) is 0 Å². The Labute approximate surface area is 172 Å². The van der Waals surface area contributed by atoms with Crippen LogP contribution in [0.2, 0.25) is 0 Å². The number of carbonyl (C=O) groups excluding carboxylic acids is 2. The quantitative estimate of drug-likeness (QED) is 0.637. The van der Waals surface area contributed by atoms with Crippen LogP contribution in [0.1, 0.15) is 28.9 Å². The topological polar surface area (TPSA) is 93.0 Å². The minimum atomic E-state index is -4.52. The second-order valence-electron chi connectivity index (χ2n) is 6.72. The molecule has 2 amide bonds. The van der Waals surface area contributed by atoms with Crippen molar-refractivity contribution in [1.82, 2.24) is 20.0 Å². The van der Waals surface area contributed by atoms with Crippen LogP contribution >= 0.6 is 0 Å². The second kappa shape index (κ2) is 7.78. The van der Waals surface area contributed by atoms with Crippen LogP contribution in [0, 0.1) is 5.82 Å². The maximum atomic E-state index is 14.4. The van der Waals surface area contributed by atoms with Gasteiger partial charge < -0.3 is 10.2 Å². The van der Waals surface area contributed by atoms with E-state index in [1.54, 1.807) is 0 Å². The molecule has 1 N–H and O–H groups in total. The molecule has 0 bridgehead atoms. The number of amides is 2. The molecule has 0 unspecified atom stereocenters. The molecule has 1 aliphatic heterocycles. The molecule has 3 heterocycles. The Hall–Kier alpha value is -3.83. The van der Waals surface area contributed by atoms with Gasteiger partial charge in [-0.2, -0.15) is 13.2 Å². The Morgan fingerprint density at radius 3 is 2.58 bits per heavy atom. The molecular weight excluding hydrogens is 420 g/mol. The molecule has 1 fully saturated rings. The lowest BCUT2D eigenvalue weighted by molar-refractivity contribution is -0.137. The molecule has 0 radical (unpaired) electrons. The molecule has 1 aromatic carbocycles. The molecule has 4 rings (SSSR count). The molecule has 1 aliphatic rings. The maximum Gasteiger partial charge on any atom is 0.417 e. The van der Waals surface area contributed by atoms with E-state index in [2.05, 4.69) is 20.6 Å². The molecule has 1 saturated heterocycles. The number of aromatic nitrogens is 4. The number of halogens is 4. The summed E-state index contributed by atoms with van der Waals surface area (Å²) in [4.78, 5) is 29.2. The second-order valence-corrected chi connectivity index (χ2v) is 6.72. The van der Waals surface area contributed by atoms with Crippen LogP contribution < -0.4 is 10.2 Å². The lowest BCUT2D eigenvalue weighted by Crippen LogP contribution is -2.24. The normalized spacial score (nSPS) is 14.2. The number of benzene rings is 1. The molecule has 160 valence electrons. The van der Waals surface area contributed by atoms with E-state index < -0.39 is 23.5 Å². The average Bonchev–Trinajstić information content (AvgIpc) is 3.37. The van der Waals surface area contributed by atoms with E-state index in [1.165, 1.54) is 23.2 Å². The molecule has 8 nitrogen and oxygen atoms in total. The zero-order valence-electron chi connectivity index (χ0n) is 15.7. The monoisotopic (exact) mass is 434 g/mol. The molecule has 31 heavy (non-hydrogen) atoms. The van der Waals surface area contributed by atoms with Crippen molar-refractivity contribution in [2.75, 3.05) is 16.8 Å². The number of hydrogen-bond acceptors (Lipinski definition) is 5. The first-order valence-corrected chi connectivity index (χ1v) is 9.09. The molecular formula is C19H14F4N6O2. The van der Waals surface area contributed by atoms with Gasteiger partial charge in [-0.05, 0) is 36.8 Å². The summed E-state index contributed by atoms with van der Waals surface area (Å²) >= 11 is 0. The van der Waals surface area contributed by atoms with Crippen LogP contribution in [0.3, 0.4) is 0 Å². The Morgan fingerprint density at radius 1 is 1.16 bits per heavy atom. The van der Waals surface area contributed by atoms with Crippen molar-refractivity contribution in [3.8, 4) is 5.82 Å². The SMILES string of the molecule is O=C(Nc1ccc(N2CCCC2=O)c(F)c1)c1cn(-c2ccc(C(F)(F)F)cn2)nn1. The summed E-state index contributed by atoms with van der Waals surface area (Å²) in [6.45, 7) is 0.433. The van der Waals surface area contributed by atoms with Crippen LogP contribution in [0.4, 0.5) is 28.9 Å². The summed E-state index contributed by atoms with van der Waals surface area (Å²) < 4.78 is 53.3. The third kappa shape index (κ3) is 4.22. The average molecular weight is 434 g/mol. The van der Waals surface area contributed by atoms with Crippen LogP contribution in [-0.4, -0.2) is 38.3 Å². The summed E-state index contributed by atoms with van der Waals surface area (Å²) in [5.74, 6) is -1.50. The number of pyridine rings is 1. The van der Waals surface area contributed by atoms with E-state index in [-0.39, 0.29) is 28.8 Å². The number of anilines is 2. The fourth-order valence-electron chi connectivity index (χ4n) is 3.07. The molecule has 0 spiro atoms. The fourth-order valence-corrected chi connectivity index (χ4v) is 3.07. The lowest BCUT2D eigenvalue weighted by Gasteiger charge is -2.17. The Kier molecular flexibility index (Phi) is 5.13. The van der Waals surface area contributed by atoms with E-state index in [0.717, 1.165) is 22.9 Å². The van der Waals surface area contributed by atoms with Crippen molar-refractivity contribution in [3.63, 3.8) is 0 Å². The first-order chi connectivity index (χ1) is 14.7. The third-order valence-corrected chi connectivity index (χ3v) is 4.61. The van der Waals surface area contributed by atoms with Crippen molar-refractivity contribution in [1.29, 1.82) is 0 Å². The Balaban J connectivity index is 1.47. The number of alkyl halides is 3. The fraction of sp³-hybridized carbons (Fsp3) is 0.211. The summed E-state index contributed by atoms with van der Waals surface area (Å²) in [7, 11) is 0. The highest BCUT2D eigenvalue weighted by Gasteiger charge is 2.30. The van der Waals surface area contributed by atoms with E-state index in [9.17, 15) is 27.2 Å². The summed E-state index contributed by atoms with van der Waals surface area (Å²) in [5, 5.41) is 9.80. The van der Waals surface area contributed by atoms with Crippen LogP contribution in [-0.2, 0) is 11.0 Å². The molecule has 0 aliphatic carbocycles. The third-order valence-electron chi connectivity index (χ3n) is 4.61. The van der Waals surface area contributed by atoms with Gasteiger partial charge in [-0.25, -0.2) is 14.1 Å². The van der Waals surface area contributed by atoms with E-state index >= 15 is 0 Å². The molecule has 0 atom stereocenters. The number of hydrogen-bond donors (Lipinski definition) is 1. The van der Waals surface area contributed by atoms with E-state index in [4.69, 9.17) is 0 Å². The molecule has 12 heteroatoms. The zero-order chi connectivity index (χ0) is 22.2. The Bertz CT molecular complexity index is 1140. The van der Waals surface area contributed by atoms with Crippen LogP contribution in [0.5, 0.6) is 0 Å². The summed E-state index contributed by atoms with van der Waals surface area (Å²) in [5.41, 5.74) is -0.795. The predicted octanol–water partition coefficient (Wildman–Crippen LogP) is 3.20. The highest BCUT2D eigenvalue weighted by Crippen LogP contribution is 2.29. The van der Waals surface area contributed by atoms with Crippen molar-refractivity contribution in [2.45, 2.75) is 19.0 Å².